The number of carboxylic acids is 1. The van der Waals surface area contributed by atoms with Gasteiger partial charge in [-0.1, -0.05) is 156 Å². The standard InChI is InChI=1S/C16H34.C12H24O2/c1-4-5-6-7-8-9-10-11-12-13-14-15-16(2)3;1-2-3-4-5-6-7-8-9-10-11-12(13)14/h16H,4-15H2,1-3H3;2-11H2,1H3,(H,13,14). The van der Waals surface area contributed by atoms with Gasteiger partial charge in [-0.3, -0.25) is 4.79 Å². The Hall–Kier alpha value is -0.530. The Morgan fingerprint density at radius 3 is 1.13 bits per heavy atom. The highest BCUT2D eigenvalue weighted by atomic mass is 16.4. The van der Waals surface area contributed by atoms with E-state index in [1.54, 1.807) is 0 Å². The van der Waals surface area contributed by atoms with E-state index in [2.05, 4.69) is 27.7 Å². The van der Waals surface area contributed by atoms with E-state index in [-0.39, 0.29) is 0 Å². The highest BCUT2D eigenvalue weighted by Gasteiger charge is 1.97. The number of unbranched alkanes of at least 4 members (excludes halogenated alkanes) is 18. The van der Waals surface area contributed by atoms with Gasteiger partial charge in [-0.25, -0.2) is 0 Å². The van der Waals surface area contributed by atoms with Gasteiger partial charge in [0.05, 0.1) is 0 Å². The Balaban J connectivity index is 0. The van der Waals surface area contributed by atoms with Crippen molar-refractivity contribution in [2.24, 2.45) is 5.92 Å². The number of aliphatic carboxylic acids is 1. The van der Waals surface area contributed by atoms with Crippen LogP contribution in [-0.4, -0.2) is 11.1 Å². The minimum atomic E-state index is -0.659. The fraction of sp³-hybridized carbons (Fsp3) is 0.964. The van der Waals surface area contributed by atoms with Crippen LogP contribution in [0.4, 0.5) is 0 Å². The molecule has 0 aromatic carbocycles. The molecular formula is C28H58O2. The van der Waals surface area contributed by atoms with Crippen LogP contribution in [0.1, 0.15) is 169 Å². The van der Waals surface area contributed by atoms with E-state index in [0.29, 0.717) is 6.42 Å². The highest BCUT2D eigenvalue weighted by molar-refractivity contribution is 5.66. The Kier molecular flexibility index (Phi) is 30.0. The maximum Gasteiger partial charge on any atom is 0.303 e. The summed E-state index contributed by atoms with van der Waals surface area (Å²) in [6, 6.07) is 0. The van der Waals surface area contributed by atoms with Gasteiger partial charge >= 0.3 is 5.97 Å². The fourth-order valence-electron chi connectivity index (χ4n) is 3.80. The van der Waals surface area contributed by atoms with Crippen LogP contribution in [0.2, 0.25) is 0 Å². The topological polar surface area (TPSA) is 37.3 Å². The van der Waals surface area contributed by atoms with Gasteiger partial charge in [0.1, 0.15) is 0 Å². The van der Waals surface area contributed by atoms with Crippen LogP contribution in [0.25, 0.3) is 0 Å². The second-order valence-electron chi connectivity index (χ2n) is 9.69. The summed E-state index contributed by atoms with van der Waals surface area (Å²) in [6.07, 6.45) is 29.0. The number of rotatable bonds is 22. The van der Waals surface area contributed by atoms with E-state index in [9.17, 15) is 4.79 Å². The zero-order valence-electron chi connectivity index (χ0n) is 21.5. The molecule has 0 amide bonds. The highest BCUT2D eigenvalue weighted by Crippen LogP contribution is 2.13. The van der Waals surface area contributed by atoms with Gasteiger partial charge < -0.3 is 5.11 Å². The van der Waals surface area contributed by atoms with Crippen molar-refractivity contribution in [3.63, 3.8) is 0 Å². The van der Waals surface area contributed by atoms with Crippen molar-refractivity contribution in [2.45, 2.75) is 169 Å². The van der Waals surface area contributed by atoms with Crippen LogP contribution in [0, 0.1) is 5.92 Å². The summed E-state index contributed by atoms with van der Waals surface area (Å²) in [4.78, 5) is 10.2. The minimum Gasteiger partial charge on any atom is -0.481 e. The maximum absolute atomic E-state index is 10.2. The summed E-state index contributed by atoms with van der Waals surface area (Å²) in [6.45, 7) is 9.18. The number of hydrogen-bond acceptors (Lipinski definition) is 1. The van der Waals surface area contributed by atoms with E-state index in [4.69, 9.17) is 5.11 Å². The molecule has 0 heterocycles. The van der Waals surface area contributed by atoms with Gasteiger partial charge in [0.25, 0.3) is 0 Å². The molecule has 1 N–H and O–H groups in total. The molecule has 0 aromatic rings. The summed E-state index contributed by atoms with van der Waals surface area (Å²) in [7, 11) is 0. The molecule has 0 unspecified atom stereocenters. The average molecular weight is 427 g/mol. The van der Waals surface area contributed by atoms with E-state index >= 15 is 0 Å². The van der Waals surface area contributed by atoms with Gasteiger partial charge in [0.2, 0.25) is 0 Å². The molecule has 0 saturated heterocycles. The van der Waals surface area contributed by atoms with Crippen molar-refractivity contribution in [2.75, 3.05) is 0 Å². The Morgan fingerprint density at radius 2 is 0.833 bits per heavy atom. The van der Waals surface area contributed by atoms with Crippen molar-refractivity contribution in [1.82, 2.24) is 0 Å². The summed E-state index contributed by atoms with van der Waals surface area (Å²) >= 11 is 0. The lowest BCUT2D eigenvalue weighted by Gasteiger charge is -2.04. The molecule has 0 aliphatic rings. The lowest BCUT2D eigenvalue weighted by atomic mass is 10.0. The molecule has 0 atom stereocenters. The lowest BCUT2D eigenvalue weighted by Crippen LogP contribution is -1.93. The molecule has 0 aliphatic heterocycles. The van der Waals surface area contributed by atoms with Gasteiger partial charge in [0, 0.05) is 6.42 Å². The first-order valence-electron chi connectivity index (χ1n) is 13.8. The summed E-state index contributed by atoms with van der Waals surface area (Å²) < 4.78 is 0. The molecule has 2 heteroatoms. The Bertz CT molecular complexity index is 312. The average Bonchev–Trinajstić information content (AvgIpc) is 2.71. The molecule has 0 radical (unpaired) electrons. The second-order valence-corrected chi connectivity index (χ2v) is 9.69. The molecule has 30 heavy (non-hydrogen) atoms. The van der Waals surface area contributed by atoms with Crippen LogP contribution < -0.4 is 0 Å². The summed E-state index contributed by atoms with van der Waals surface area (Å²) in [5, 5.41) is 8.41. The largest absolute Gasteiger partial charge is 0.481 e. The van der Waals surface area contributed by atoms with Crippen LogP contribution in [-0.2, 0) is 4.79 Å². The van der Waals surface area contributed by atoms with Crippen molar-refractivity contribution in [1.29, 1.82) is 0 Å². The monoisotopic (exact) mass is 426 g/mol. The lowest BCUT2D eigenvalue weighted by molar-refractivity contribution is -0.137. The maximum atomic E-state index is 10.2. The summed E-state index contributed by atoms with van der Waals surface area (Å²) in [5.74, 6) is 0.242. The van der Waals surface area contributed by atoms with Gasteiger partial charge in [0.15, 0.2) is 0 Å². The Morgan fingerprint density at radius 1 is 0.533 bits per heavy atom. The molecule has 2 nitrogen and oxygen atoms in total. The fourth-order valence-corrected chi connectivity index (χ4v) is 3.80. The molecule has 182 valence electrons. The Labute approximate surface area is 191 Å². The smallest absolute Gasteiger partial charge is 0.303 e. The molecule has 0 saturated carbocycles. The molecule has 0 spiro atoms. The third-order valence-corrected chi connectivity index (χ3v) is 5.88. The van der Waals surface area contributed by atoms with Crippen LogP contribution in [0.3, 0.4) is 0 Å². The predicted molar refractivity (Wildman–Crippen MR) is 135 cm³/mol. The first-order chi connectivity index (χ1) is 14.5. The van der Waals surface area contributed by atoms with E-state index in [0.717, 1.165) is 18.8 Å². The zero-order valence-corrected chi connectivity index (χ0v) is 21.5. The third-order valence-electron chi connectivity index (χ3n) is 5.88. The molecule has 0 aliphatic carbocycles. The molecule has 0 rings (SSSR count). The quantitative estimate of drug-likeness (QED) is 0.175. The van der Waals surface area contributed by atoms with Crippen LogP contribution in [0.15, 0.2) is 0 Å². The van der Waals surface area contributed by atoms with E-state index in [1.165, 1.54) is 122 Å². The van der Waals surface area contributed by atoms with Gasteiger partial charge in [-0.2, -0.15) is 0 Å². The normalized spacial score (nSPS) is 10.8. The van der Waals surface area contributed by atoms with Crippen molar-refractivity contribution in [3.8, 4) is 0 Å². The molecule has 0 fully saturated rings. The van der Waals surface area contributed by atoms with Gasteiger partial charge in [-0.15, -0.1) is 0 Å². The van der Waals surface area contributed by atoms with Crippen molar-refractivity contribution < 1.29 is 9.90 Å². The van der Waals surface area contributed by atoms with Crippen LogP contribution >= 0.6 is 0 Å². The number of carboxylic acid groups (broad SMARTS) is 1. The van der Waals surface area contributed by atoms with E-state index < -0.39 is 5.97 Å². The van der Waals surface area contributed by atoms with Crippen LogP contribution in [0.5, 0.6) is 0 Å². The molecule has 0 aromatic heterocycles. The summed E-state index contributed by atoms with van der Waals surface area (Å²) in [5.41, 5.74) is 0. The molecular weight excluding hydrogens is 368 g/mol. The predicted octanol–water partition coefficient (Wildman–Crippen LogP) is 10.3. The van der Waals surface area contributed by atoms with E-state index in [1.807, 2.05) is 0 Å². The first kappa shape index (κ1) is 31.7. The minimum absolute atomic E-state index is 0.343. The zero-order chi connectivity index (χ0) is 22.7. The second kappa shape index (κ2) is 28.5. The number of carbonyl (C=O) groups is 1. The molecule has 0 bridgehead atoms. The number of hydrogen-bond donors (Lipinski definition) is 1. The van der Waals surface area contributed by atoms with Gasteiger partial charge in [-0.05, 0) is 12.3 Å². The van der Waals surface area contributed by atoms with Crippen molar-refractivity contribution >= 4 is 5.97 Å². The van der Waals surface area contributed by atoms with Crippen molar-refractivity contribution in [3.05, 3.63) is 0 Å². The third kappa shape index (κ3) is 34.9. The SMILES string of the molecule is CCCCCCCCCCCC(=O)O.CCCCCCCCCCCCCC(C)C. The first-order valence-corrected chi connectivity index (χ1v) is 13.8.